The lowest BCUT2D eigenvalue weighted by molar-refractivity contribution is -0.136. The summed E-state index contributed by atoms with van der Waals surface area (Å²) < 4.78 is 6.27. The topological polar surface area (TPSA) is 91.3 Å². The molecule has 2 atom stereocenters. The predicted octanol–water partition coefficient (Wildman–Crippen LogP) is 3.08. The number of likely N-dealkylation sites (tertiary alicyclic amines) is 1. The number of carbonyl (C=O) groups excluding carboxylic acids is 3. The van der Waals surface area contributed by atoms with Crippen LogP contribution in [0.5, 0.6) is 5.75 Å². The van der Waals surface area contributed by atoms with E-state index >= 15 is 0 Å². The number of ether oxygens (including phenoxy) is 1. The van der Waals surface area contributed by atoms with E-state index in [-0.39, 0.29) is 24.3 Å². The van der Waals surface area contributed by atoms with Gasteiger partial charge in [-0.25, -0.2) is 0 Å². The van der Waals surface area contributed by atoms with E-state index in [9.17, 15) is 14.4 Å². The van der Waals surface area contributed by atoms with Crippen LogP contribution in [0.15, 0.2) is 48.0 Å². The Morgan fingerprint density at radius 3 is 2.77 bits per heavy atom. The average molecular weight is 473 g/mol. The third-order valence-electron chi connectivity index (χ3n) is 6.92. The molecule has 8 heteroatoms. The second-order valence-corrected chi connectivity index (χ2v) is 9.24. The molecule has 3 aliphatic rings. The first-order valence-corrected chi connectivity index (χ1v) is 11.8. The predicted molar refractivity (Wildman–Crippen MR) is 133 cm³/mol. The quantitative estimate of drug-likeness (QED) is 0.494. The maximum Gasteiger partial charge on any atom is 0.255 e. The fraction of sp³-hybridized carbons (Fsp3) is 0.333. The standard InChI is InChI=1S/C27H28N4O4/c1-3-18-12-17(4-7-23(18)28-2)14-30-11-10-21(16-30)35-20-5-6-22-19(13-20)15-31(27(22)34)24-8-9-25(32)29-26(24)33/h3-7,12-13,21,24H,1-2,8-11,14-16H2,(H,29,32,33)/t21-,24+/m0/s1. The molecule has 2 saturated heterocycles. The Balaban J connectivity index is 1.20. The van der Waals surface area contributed by atoms with Crippen molar-refractivity contribution in [1.29, 1.82) is 0 Å². The number of imide groups is 1. The minimum absolute atomic E-state index is 0.0596. The van der Waals surface area contributed by atoms with Gasteiger partial charge in [0, 0.05) is 38.2 Å². The number of rotatable bonds is 7. The fourth-order valence-electron chi connectivity index (χ4n) is 5.12. The molecule has 0 bridgehead atoms. The third-order valence-corrected chi connectivity index (χ3v) is 6.92. The van der Waals surface area contributed by atoms with Crippen molar-refractivity contribution in [2.45, 2.75) is 44.5 Å². The number of nitrogens with zero attached hydrogens (tertiary/aromatic N) is 3. The van der Waals surface area contributed by atoms with E-state index < -0.39 is 11.9 Å². The molecule has 3 aliphatic heterocycles. The molecule has 3 amide bonds. The van der Waals surface area contributed by atoms with Gasteiger partial charge in [0.25, 0.3) is 5.91 Å². The molecule has 5 rings (SSSR count). The van der Waals surface area contributed by atoms with Crippen molar-refractivity contribution >= 4 is 36.2 Å². The second-order valence-electron chi connectivity index (χ2n) is 9.24. The van der Waals surface area contributed by atoms with Gasteiger partial charge in [0.05, 0.1) is 5.69 Å². The zero-order valence-electron chi connectivity index (χ0n) is 19.5. The highest BCUT2D eigenvalue weighted by Gasteiger charge is 2.39. The maximum atomic E-state index is 12.9. The van der Waals surface area contributed by atoms with Crippen LogP contribution in [0, 0.1) is 0 Å². The van der Waals surface area contributed by atoms with Gasteiger partial charge >= 0.3 is 0 Å². The van der Waals surface area contributed by atoms with Crippen LogP contribution in [0.1, 0.15) is 46.3 Å². The Morgan fingerprint density at radius 1 is 1.14 bits per heavy atom. The molecular weight excluding hydrogens is 444 g/mol. The van der Waals surface area contributed by atoms with Crippen LogP contribution in [-0.2, 0) is 22.7 Å². The molecule has 1 N–H and O–H groups in total. The Labute approximate surface area is 204 Å². The highest BCUT2D eigenvalue weighted by Crippen LogP contribution is 2.31. The third kappa shape index (κ3) is 4.61. The minimum atomic E-state index is -0.613. The molecule has 2 aromatic rings. The van der Waals surface area contributed by atoms with Crippen molar-refractivity contribution in [2.24, 2.45) is 4.99 Å². The summed E-state index contributed by atoms with van der Waals surface area (Å²) in [5.74, 6) is -0.141. The molecule has 0 unspecified atom stereocenters. The molecule has 0 saturated carbocycles. The Kier molecular flexibility index (Phi) is 6.21. The summed E-state index contributed by atoms with van der Waals surface area (Å²) in [6.07, 6.45) is 3.37. The summed E-state index contributed by atoms with van der Waals surface area (Å²) in [6, 6.07) is 11.0. The van der Waals surface area contributed by atoms with Crippen molar-refractivity contribution in [3.05, 3.63) is 65.2 Å². The van der Waals surface area contributed by atoms with E-state index in [4.69, 9.17) is 4.74 Å². The Hall–Kier alpha value is -3.78. The number of amides is 3. The van der Waals surface area contributed by atoms with Crippen LogP contribution in [0.2, 0.25) is 0 Å². The average Bonchev–Trinajstić information content (AvgIpc) is 3.42. The van der Waals surface area contributed by atoms with E-state index in [1.807, 2.05) is 18.2 Å². The molecule has 3 heterocycles. The number of nitrogens with one attached hydrogen (secondary N) is 1. The number of piperidine rings is 1. The van der Waals surface area contributed by atoms with E-state index in [0.29, 0.717) is 18.5 Å². The molecule has 2 aromatic carbocycles. The van der Waals surface area contributed by atoms with Gasteiger partial charge in [-0.3, -0.25) is 29.6 Å². The van der Waals surface area contributed by atoms with Gasteiger partial charge in [-0.1, -0.05) is 18.7 Å². The fourth-order valence-corrected chi connectivity index (χ4v) is 5.12. The molecule has 0 spiro atoms. The molecule has 2 fully saturated rings. The van der Waals surface area contributed by atoms with Crippen molar-refractivity contribution in [1.82, 2.24) is 15.1 Å². The lowest BCUT2D eigenvalue weighted by Crippen LogP contribution is -2.52. The summed E-state index contributed by atoms with van der Waals surface area (Å²) in [7, 11) is 0. The normalized spacial score (nSPS) is 22.2. The van der Waals surface area contributed by atoms with Crippen molar-refractivity contribution in [2.75, 3.05) is 13.1 Å². The molecule has 8 nitrogen and oxygen atoms in total. The zero-order chi connectivity index (χ0) is 24.5. The molecule has 180 valence electrons. The van der Waals surface area contributed by atoms with Crippen LogP contribution < -0.4 is 10.1 Å². The summed E-state index contributed by atoms with van der Waals surface area (Å²) in [4.78, 5) is 44.5. The molecular formula is C27H28N4O4. The summed E-state index contributed by atoms with van der Waals surface area (Å²) >= 11 is 0. The number of hydrogen-bond acceptors (Lipinski definition) is 6. The number of fused-ring (bicyclic) bond motifs is 1. The zero-order valence-corrected chi connectivity index (χ0v) is 19.5. The summed E-state index contributed by atoms with van der Waals surface area (Å²) in [6.45, 7) is 10.4. The number of benzene rings is 2. The van der Waals surface area contributed by atoms with E-state index in [1.165, 1.54) is 5.56 Å². The smallest absolute Gasteiger partial charge is 0.255 e. The Bertz CT molecular complexity index is 1220. The van der Waals surface area contributed by atoms with Crippen LogP contribution >= 0.6 is 0 Å². The van der Waals surface area contributed by atoms with Crippen LogP contribution in [-0.4, -0.2) is 59.5 Å². The molecule has 35 heavy (non-hydrogen) atoms. The van der Waals surface area contributed by atoms with E-state index in [2.05, 4.69) is 40.6 Å². The lowest BCUT2D eigenvalue weighted by Gasteiger charge is -2.29. The lowest BCUT2D eigenvalue weighted by atomic mass is 10.0. The SMILES string of the molecule is C=Cc1cc(CN2CC[C@H](Oc3ccc4c(c3)CN([C@@H]3CCC(=O)NC3=O)C4=O)C2)ccc1N=C. The van der Waals surface area contributed by atoms with Gasteiger partial charge in [-0.15, -0.1) is 0 Å². The number of aliphatic imine (C=N–C) groups is 1. The van der Waals surface area contributed by atoms with E-state index in [0.717, 1.165) is 48.6 Å². The van der Waals surface area contributed by atoms with Gasteiger partial charge in [-0.2, -0.15) is 0 Å². The molecule has 0 aliphatic carbocycles. The van der Waals surface area contributed by atoms with Gasteiger partial charge < -0.3 is 9.64 Å². The monoisotopic (exact) mass is 472 g/mol. The van der Waals surface area contributed by atoms with Crippen LogP contribution in [0.4, 0.5) is 5.69 Å². The van der Waals surface area contributed by atoms with Gasteiger partial charge in [0.15, 0.2) is 0 Å². The van der Waals surface area contributed by atoms with Gasteiger partial charge in [-0.05, 0) is 66.6 Å². The molecule has 0 radical (unpaired) electrons. The Morgan fingerprint density at radius 2 is 2.00 bits per heavy atom. The van der Waals surface area contributed by atoms with Crippen LogP contribution in [0.25, 0.3) is 6.08 Å². The first-order valence-electron chi connectivity index (χ1n) is 11.8. The second kappa shape index (κ2) is 9.46. The first-order chi connectivity index (χ1) is 16.9. The summed E-state index contributed by atoms with van der Waals surface area (Å²) in [5, 5.41) is 2.33. The maximum absolute atomic E-state index is 12.9. The van der Waals surface area contributed by atoms with Gasteiger partial charge in [0.1, 0.15) is 17.9 Å². The van der Waals surface area contributed by atoms with Crippen molar-refractivity contribution in [3.63, 3.8) is 0 Å². The van der Waals surface area contributed by atoms with Crippen molar-refractivity contribution < 1.29 is 19.1 Å². The van der Waals surface area contributed by atoms with E-state index in [1.54, 1.807) is 17.0 Å². The van der Waals surface area contributed by atoms with Crippen molar-refractivity contribution in [3.8, 4) is 5.75 Å². The summed E-state index contributed by atoms with van der Waals surface area (Å²) in [5.41, 5.74) is 4.43. The first kappa shape index (κ1) is 23.0. The molecule has 0 aromatic heterocycles. The minimum Gasteiger partial charge on any atom is -0.489 e. The number of hydrogen-bond donors (Lipinski definition) is 1. The highest BCUT2D eigenvalue weighted by molar-refractivity contribution is 6.05. The van der Waals surface area contributed by atoms with Crippen LogP contribution in [0.3, 0.4) is 0 Å². The highest BCUT2D eigenvalue weighted by atomic mass is 16.5. The number of carbonyl (C=O) groups is 3. The van der Waals surface area contributed by atoms with Gasteiger partial charge in [0.2, 0.25) is 11.8 Å². The largest absolute Gasteiger partial charge is 0.489 e.